The molecule has 2 aliphatic rings. The Labute approximate surface area is 139 Å². The van der Waals surface area contributed by atoms with Gasteiger partial charge in [-0.2, -0.15) is 0 Å². The summed E-state index contributed by atoms with van der Waals surface area (Å²) >= 11 is 1.66. The molecular formula is C16H20N4O2S. The molecule has 4 rings (SSSR count). The zero-order valence-corrected chi connectivity index (χ0v) is 14.0. The predicted molar refractivity (Wildman–Crippen MR) is 87.5 cm³/mol. The first kappa shape index (κ1) is 15.0. The maximum absolute atomic E-state index is 6.00. The van der Waals surface area contributed by atoms with Crippen molar-refractivity contribution < 1.29 is 9.47 Å². The monoisotopic (exact) mass is 332 g/mol. The van der Waals surface area contributed by atoms with E-state index >= 15 is 0 Å². The second kappa shape index (κ2) is 6.14. The number of hydrogen-bond acceptors (Lipinski definition) is 7. The summed E-state index contributed by atoms with van der Waals surface area (Å²) in [4.78, 5) is 15.5. The molecule has 0 aliphatic carbocycles. The first-order valence-corrected chi connectivity index (χ1v) is 8.72. The lowest BCUT2D eigenvalue weighted by Gasteiger charge is -2.26. The van der Waals surface area contributed by atoms with Crippen molar-refractivity contribution in [1.82, 2.24) is 15.0 Å². The second-order valence-corrected chi connectivity index (χ2v) is 7.42. The van der Waals surface area contributed by atoms with Crippen molar-refractivity contribution in [3.05, 3.63) is 34.5 Å². The van der Waals surface area contributed by atoms with Gasteiger partial charge in [-0.3, -0.25) is 0 Å². The fraction of sp³-hybridized carbons (Fsp3) is 0.562. The minimum atomic E-state index is 0.0459. The van der Waals surface area contributed by atoms with Crippen LogP contribution in [0.15, 0.2) is 23.8 Å². The Morgan fingerprint density at radius 2 is 2.30 bits per heavy atom. The minimum Gasteiger partial charge on any atom is -0.380 e. The van der Waals surface area contributed by atoms with E-state index in [-0.39, 0.29) is 5.41 Å². The van der Waals surface area contributed by atoms with Crippen LogP contribution in [-0.4, -0.2) is 47.9 Å². The van der Waals surface area contributed by atoms with Crippen molar-refractivity contribution in [1.29, 1.82) is 0 Å². The third-order valence-corrected chi connectivity index (χ3v) is 5.48. The minimum absolute atomic E-state index is 0.0459. The number of fused-ring (bicyclic) bond motifs is 1. The van der Waals surface area contributed by atoms with Crippen LogP contribution in [0.2, 0.25) is 0 Å². The molecule has 6 nitrogen and oxygen atoms in total. The lowest BCUT2D eigenvalue weighted by Crippen LogP contribution is -2.36. The van der Waals surface area contributed by atoms with E-state index in [0.717, 1.165) is 43.0 Å². The molecular weight excluding hydrogens is 312 g/mol. The summed E-state index contributed by atoms with van der Waals surface area (Å²) < 4.78 is 11.7. The van der Waals surface area contributed by atoms with Crippen molar-refractivity contribution in [2.45, 2.75) is 13.5 Å². The van der Waals surface area contributed by atoms with Crippen LogP contribution < -0.4 is 4.90 Å². The van der Waals surface area contributed by atoms with Crippen LogP contribution in [-0.2, 0) is 16.1 Å². The molecule has 2 atom stereocenters. The highest BCUT2D eigenvalue weighted by atomic mass is 32.1. The smallest absolute Gasteiger partial charge is 0.225 e. The normalized spacial score (nSPS) is 26.7. The summed E-state index contributed by atoms with van der Waals surface area (Å²) in [6, 6.07) is 1.85. The van der Waals surface area contributed by atoms with Crippen LogP contribution >= 0.6 is 11.3 Å². The van der Waals surface area contributed by atoms with Gasteiger partial charge in [-0.15, -0.1) is 11.3 Å². The highest BCUT2D eigenvalue weighted by molar-refractivity contribution is 7.09. The van der Waals surface area contributed by atoms with E-state index in [1.54, 1.807) is 23.7 Å². The highest BCUT2D eigenvalue weighted by Gasteiger charge is 2.51. The Hall–Kier alpha value is -1.57. The molecule has 0 saturated carbocycles. The summed E-state index contributed by atoms with van der Waals surface area (Å²) in [5, 5.41) is 3.14. The summed E-state index contributed by atoms with van der Waals surface area (Å²) in [6.07, 6.45) is 3.58. The van der Waals surface area contributed by atoms with Gasteiger partial charge in [0.1, 0.15) is 0 Å². The molecule has 2 aromatic heterocycles. The molecule has 2 aromatic rings. The molecule has 122 valence electrons. The molecule has 0 bridgehead atoms. The maximum Gasteiger partial charge on any atom is 0.225 e. The number of hydrogen-bond donors (Lipinski definition) is 0. The average Bonchev–Trinajstić information content (AvgIpc) is 3.22. The van der Waals surface area contributed by atoms with Gasteiger partial charge in [-0.1, -0.05) is 0 Å². The van der Waals surface area contributed by atoms with Gasteiger partial charge in [0, 0.05) is 42.2 Å². The highest BCUT2D eigenvalue weighted by Crippen LogP contribution is 2.42. The summed E-state index contributed by atoms with van der Waals surface area (Å²) in [7, 11) is 0. The van der Waals surface area contributed by atoms with Crippen molar-refractivity contribution in [2.24, 2.45) is 11.3 Å². The fourth-order valence-corrected chi connectivity index (χ4v) is 4.07. The predicted octanol–water partition coefficient (Wildman–Crippen LogP) is 1.91. The van der Waals surface area contributed by atoms with Crippen LogP contribution in [0.5, 0.6) is 0 Å². The molecule has 0 aromatic carbocycles. The molecule has 0 unspecified atom stereocenters. The van der Waals surface area contributed by atoms with E-state index in [9.17, 15) is 0 Å². The third-order valence-electron chi connectivity index (χ3n) is 4.66. The second-order valence-electron chi connectivity index (χ2n) is 6.35. The van der Waals surface area contributed by atoms with Crippen LogP contribution in [0, 0.1) is 18.3 Å². The van der Waals surface area contributed by atoms with Gasteiger partial charge in [0.2, 0.25) is 5.95 Å². The molecule has 0 N–H and O–H groups in total. The zero-order valence-electron chi connectivity index (χ0n) is 13.1. The van der Waals surface area contributed by atoms with Gasteiger partial charge >= 0.3 is 0 Å². The number of nitrogens with zero attached hydrogens (tertiary/aromatic N) is 4. The van der Waals surface area contributed by atoms with Crippen molar-refractivity contribution in [2.75, 3.05) is 37.8 Å². The average molecular weight is 332 g/mol. The number of aromatic nitrogens is 3. The third kappa shape index (κ3) is 2.96. The Balaban J connectivity index is 1.41. The quantitative estimate of drug-likeness (QED) is 0.833. The Morgan fingerprint density at radius 3 is 3.09 bits per heavy atom. The van der Waals surface area contributed by atoms with Gasteiger partial charge < -0.3 is 14.4 Å². The van der Waals surface area contributed by atoms with Crippen molar-refractivity contribution in [3.8, 4) is 0 Å². The van der Waals surface area contributed by atoms with E-state index in [0.29, 0.717) is 19.1 Å². The lowest BCUT2D eigenvalue weighted by molar-refractivity contribution is 0.0252. The van der Waals surface area contributed by atoms with E-state index in [2.05, 4.69) is 25.2 Å². The van der Waals surface area contributed by atoms with E-state index in [4.69, 9.17) is 9.47 Å². The van der Waals surface area contributed by atoms with Gasteiger partial charge in [0.05, 0.1) is 37.1 Å². The Kier molecular flexibility index (Phi) is 4.00. The molecule has 0 spiro atoms. The SMILES string of the molecule is Cc1nc(COC[C@@]23COC[C@@H]2CN(c2ncccn2)C3)cs1. The molecule has 0 amide bonds. The summed E-state index contributed by atoms with van der Waals surface area (Å²) in [5.74, 6) is 1.28. The van der Waals surface area contributed by atoms with Gasteiger partial charge in [0.25, 0.3) is 0 Å². The van der Waals surface area contributed by atoms with Crippen molar-refractivity contribution in [3.63, 3.8) is 0 Å². The molecule has 0 radical (unpaired) electrons. The van der Waals surface area contributed by atoms with Gasteiger partial charge in [-0.25, -0.2) is 15.0 Å². The summed E-state index contributed by atoms with van der Waals surface area (Å²) in [6.45, 7) is 6.64. The Bertz CT molecular complexity index is 665. The molecule has 23 heavy (non-hydrogen) atoms. The van der Waals surface area contributed by atoms with E-state index in [1.165, 1.54) is 0 Å². The standard InChI is InChI=1S/C16H20N4O2S/c1-12-19-14(8-23-12)7-22-11-16-9-20(5-13(16)6-21-10-16)15-17-3-2-4-18-15/h2-4,8,13H,5-7,9-11H2,1H3/t13-,16+/m0/s1. The number of aryl methyl sites for hydroxylation is 1. The van der Waals surface area contributed by atoms with Crippen LogP contribution in [0.1, 0.15) is 10.7 Å². The fourth-order valence-electron chi connectivity index (χ4n) is 3.48. The van der Waals surface area contributed by atoms with E-state index < -0.39 is 0 Å². The first-order valence-electron chi connectivity index (χ1n) is 7.84. The van der Waals surface area contributed by atoms with Crippen molar-refractivity contribution >= 4 is 17.3 Å². The maximum atomic E-state index is 6.00. The molecule has 4 heterocycles. The number of ether oxygens (including phenoxy) is 2. The largest absolute Gasteiger partial charge is 0.380 e. The zero-order chi connectivity index (χ0) is 15.7. The number of rotatable bonds is 5. The van der Waals surface area contributed by atoms with E-state index in [1.807, 2.05) is 13.0 Å². The molecule has 2 aliphatic heterocycles. The van der Waals surface area contributed by atoms with Crippen LogP contribution in [0.3, 0.4) is 0 Å². The molecule has 7 heteroatoms. The lowest BCUT2D eigenvalue weighted by atomic mass is 9.82. The molecule has 2 saturated heterocycles. The van der Waals surface area contributed by atoms with Crippen LogP contribution in [0.25, 0.3) is 0 Å². The van der Waals surface area contributed by atoms with Crippen LogP contribution in [0.4, 0.5) is 5.95 Å². The van der Waals surface area contributed by atoms with Gasteiger partial charge in [0.15, 0.2) is 0 Å². The Morgan fingerprint density at radius 1 is 1.43 bits per heavy atom. The van der Waals surface area contributed by atoms with Gasteiger partial charge in [-0.05, 0) is 13.0 Å². The molecule has 2 fully saturated rings. The summed E-state index contributed by atoms with van der Waals surface area (Å²) in [5.41, 5.74) is 1.06. The number of anilines is 1. The topological polar surface area (TPSA) is 60.4 Å². The first-order chi connectivity index (χ1) is 11.3. The number of thiazole rings is 1.